The van der Waals surface area contributed by atoms with Crippen LogP contribution >= 0.6 is 47.8 Å². The van der Waals surface area contributed by atoms with Crippen molar-refractivity contribution in [3.63, 3.8) is 0 Å². The van der Waals surface area contributed by atoms with Gasteiger partial charge in [0, 0.05) is 11.0 Å². The van der Waals surface area contributed by atoms with Gasteiger partial charge in [0.05, 0.1) is 15.5 Å². The molecule has 0 fully saturated rings. The fourth-order valence-corrected chi connectivity index (χ4v) is 3.54. The highest BCUT2D eigenvalue weighted by Crippen LogP contribution is 2.36. The van der Waals surface area contributed by atoms with Gasteiger partial charge in [-0.2, -0.15) is 0 Å². The lowest BCUT2D eigenvalue weighted by Gasteiger charge is -2.10. The van der Waals surface area contributed by atoms with Crippen molar-refractivity contribution in [2.75, 3.05) is 19.7 Å². The zero-order valence-electron chi connectivity index (χ0n) is 8.40. The number of hydrogen-bond donors (Lipinski definition) is 1. The molecule has 5 heteroatoms. The molecule has 0 saturated carbocycles. The molecule has 0 spiro atoms. The molecule has 2 nitrogen and oxygen atoms in total. The summed E-state index contributed by atoms with van der Waals surface area (Å²) in [4.78, 5) is 0. The summed E-state index contributed by atoms with van der Waals surface area (Å²) < 4.78 is 8.43. The highest BCUT2D eigenvalue weighted by molar-refractivity contribution is 9.11. The first-order chi connectivity index (χ1) is 7.65. The fourth-order valence-electron chi connectivity index (χ4n) is 1.05. The summed E-state index contributed by atoms with van der Waals surface area (Å²) in [7, 11) is 0. The standard InChI is InChI=1S/C11H10Br3NO/c1-2-3-15-4-5-16-11-9(13)6-8(12)7-10(11)14/h1,6-7,15H,3-5H2. The summed E-state index contributed by atoms with van der Waals surface area (Å²) >= 11 is 10.3. The van der Waals surface area contributed by atoms with Crippen LogP contribution in [0.15, 0.2) is 25.6 Å². The first kappa shape index (κ1) is 14.0. The van der Waals surface area contributed by atoms with Crippen molar-refractivity contribution in [1.82, 2.24) is 5.32 Å². The van der Waals surface area contributed by atoms with Gasteiger partial charge in [-0.25, -0.2) is 0 Å². The monoisotopic (exact) mass is 409 g/mol. The van der Waals surface area contributed by atoms with Gasteiger partial charge < -0.3 is 10.1 Å². The van der Waals surface area contributed by atoms with Crippen LogP contribution in [0.25, 0.3) is 0 Å². The average molecular weight is 412 g/mol. The Kier molecular flexibility index (Phi) is 6.44. The van der Waals surface area contributed by atoms with Crippen LogP contribution in [-0.2, 0) is 0 Å². The van der Waals surface area contributed by atoms with Gasteiger partial charge in [-0.15, -0.1) is 6.42 Å². The summed E-state index contributed by atoms with van der Waals surface area (Å²) in [5, 5.41) is 3.05. The van der Waals surface area contributed by atoms with Crippen molar-refractivity contribution in [2.24, 2.45) is 0 Å². The minimum Gasteiger partial charge on any atom is -0.490 e. The van der Waals surface area contributed by atoms with Crippen LogP contribution < -0.4 is 10.1 Å². The van der Waals surface area contributed by atoms with Crippen LogP contribution in [-0.4, -0.2) is 19.7 Å². The summed E-state index contributed by atoms with van der Waals surface area (Å²) in [6.07, 6.45) is 5.11. The molecule has 16 heavy (non-hydrogen) atoms. The Morgan fingerprint density at radius 3 is 2.44 bits per heavy atom. The molecule has 1 aromatic carbocycles. The Bertz CT molecular complexity index is 378. The fraction of sp³-hybridized carbons (Fsp3) is 0.273. The zero-order valence-corrected chi connectivity index (χ0v) is 13.2. The van der Waals surface area contributed by atoms with Gasteiger partial charge in [0.1, 0.15) is 12.4 Å². The molecule has 0 aromatic heterocycles. The van der Waals surface area contributed by atoms with Gasteiger partial charge in [-0.1, -0.05) is 21.9 Å². The molecule has 0 saturated heterocycles. The third-order valence-electron chi connectivity index (χ3n) is 1.72. The van der Waals surface area contributed by atoms with Crippen molar-refractivity contribution < 1.29 is 4.74 Å². The highest BCUT2D eigenvalue weighted by Gasteiger charge is 2.07. The second-order valence-corrected chi connectivity index (χ2v) is 5.55. The molecule has 1 aromatic rings. The molecule has 0 atom stereocenters. The van der Waals surface area contributed by atoms with E-state index < -0.39 is 0 Å². The molecule has 86 valence electrons. The van der Waals surface area contributed by atoms with Crippen molar-refractivity contribution in [2.45, 2.75) is 0 Å². The molecular formula is C11H10Br3NO. The van der Waals surface area contributed by atoms with Crippen LogP contribution in [0, 0.1) is 12.3 Å². The van der Waals surface area contributed by atoms with E-state index in [-0.39, 0.29) is 0 Å². The molecule has 0 unspecified atom stereocenters. The molecule has 0 aliphatic rings. The lowest BCUT2D eigenvalue weighted by atomic mass is 10.3. The number of rotatable bonds is 5. The van der Waals surface area contributed by atoms with Crippen molar-refractivity contribution in [3.8, 4) is 18.1 Å². The Morgan fingerprint density at radius 2 is 1.88 bits per heavy atom. The largest absolute Gasteiger partial charge is 0.490 e. The summed E-state index contributed by atoms with van der Waals surface area (Å²) in [5.41, 5.74) is 0. The number of terminal acetylenes is 1. The summed E-state index contributed by atoms with van der Waals surface area (Å²) in [5.74, 6) is 3.30. The second-order valence-electron chi connectivity index (χ2n) is 2.93. The van der Waals surface area contributed by atoms with Gasteiger partial charge in [-0.3, -0.25) is 0 Å². The van der Waals surface area contributed by atoms with E-state index in [2.05, 4.69) is 59.0 Å². The lowest BCUT2D eigenvalue weighted by molar-refractivity contribution is 0.313. The Labute approximate surface area is 121 Å². The third kappa shape index (κ3) is 4.46. The maximum atomic E-state index is 5.62. The van der Waals surface area contributed by atoms with E-state index in [1.54, 1.807) is 0 Å². The molecule has 1 rings (SSSR count). The minimum absolute atomic E-state index is 0.562. The molecule has 0 amide bonds. The molecule has 0 heterocycles. The number of hydrogen-bond acceptors (Lipinski definition) is 2. The van der Waals surface area contributed by atoms with Crippen molar-refractivity contribution >= 4 is 47.8 Å². The molecular weight excluding hydrogens is 402 g/mol. The normalized spacial score (nSPS) is 9.88. The second kappa shape index (κ2) is 7.33. The maximum Gasteiger partial charge on any atom is 0.147 e. The van der Waals surface area contributed by atoms with E-state index >= 15 is 0 Å². The highest BCUT2D eigenvalue weighted by atomic mass is 79.9. The molecule has 1 N–H and O–H groups in total. The molecule has 0 aliphatic heterocycles. The Hall–Kier alpha value is -0.0200. The molecule has 0 radical (unpaired) electrons. The molecule has 0 aliphatic carbocycles. The first-order valence-corrected chi connectivity index (χ1v) is 6.94. The zero-order chi connectivity index (χ0) is 12.0. The topological polar surface area (TPSA) is 21.3 Å². The van der Waals surface area contributed by atoms with E-state index in [9.17, 15) is 0 Å². The number of benzene rings is 1. The van der Waals surface area contributed by atoms with Crippen LogP contribution in [0.3, 0.4) is 0 Å². The summed E-state index contributed by atoms with van der Waals surface area (Å²) in [6.45, 7) is 1.85. The van der Waals surface area contributed by atoms with Gasteiger partial charge in [0.15, 0.2) is 0 Å². The smallest absolute Gasteiger partial charge is 0.147 e. The molecule has 0 bridgehead atoms. The number of ether oxygens (including phenoxy) is 1. The maximum absolute atomic E-state index is 5.62. The van der Waals surface area contributed by atoms with Gasteiger partial charge in [-0.05, 0) is 44.0 Å². The van der Waals surface area contributed by atoms with E-state index in [0.717, 1.165) is 25.7 Å². The summed E-state index contributed by atoms with van der Waals surface area (Å²) in [6, 6.07) is 3.88. The number of nitrogens with one attached hydrogen (secondary N) is 1. The predicted octanol–water partition coefficient (Wildman–Crippen LogP) is 3.58. The van der Waals surface area contributed by atoms with Gasteiger partial charge in [0.2, 0.25) is 0 Å². The number of halogens is 3. The van der Waals surface area contributed by atoms with E-state index in [1.807, 2.05) is 12.1 Å². The van der Waals surface area contributed by atoms with Gasteiger partial charge >= 0.3 is 0 Å². The minimum atomic E-state index is 0.562. The predicted molar refractivity (Wildman–Crippen MR) is 76.7 cm³/mol. The Morgan fingerprint density at radius 1 is 1.25 bits per heavy atom. The van der Waals surface area contributed by atoms with E-state index in [0.29, 0.717) is 13.2 Å². The van der Waals surface area contributed by atoms with Crippen LogP contribution in [0.4, 0.5) is 0 Å². The average Bonchev–Trinajstić information content (AvgIpc) is 2.20. The van der Waals surface area contributed by atoms with E-state index in [1.165, 1.54) is 0 Å². The third-order valence-corrected chi connectivity index (χ3v) is 3.35. The van der Waals surface area contributed by atoms with Gasteiger partial charge in [0.25, 0.3) is 0 Å². The van der Waals surface area contributed by atoms with Crippen molar-refractivity contribution in [1.29, 1.82) is 0 Å². The first-order valence-electron chi connectivity index (χ1n) is 4.56. The van der Waals surface area contributed by atoms with Crippen LogP contribution in [0.2, 0.25) is 0 Å². The SMILES string of the molecule is C#CCNCCOc1c(Br)cc(Br)cc1Br. The van der Waals surface area contributed by atoms with E-state index in [4.69, 9.17) is 11.2 Å². The Balaban J connectivity index is 2.51. The lowest BCUT2D eigenvalue weighted by Crippen LogP contribution is -2.21. The van der Waals surface area contributed by atoms with Crippen LogP contribution in [0.1, 0.15) is 0 Å². The van der Waals surface area contributed by atoms with Crippen molar-refractivity contribution in [3.05, 3.63) is 25.6 Å². The van der Waals surface area contributed by atoms with Crippen LogP contribution in [0.5, 0.6) is 5.75 Å². The quantitative estimate of drug-likeness (QED) is 0.590.